The Kier molecular flexibility index (Phi) is 5.16. The fourth-order valence-electron chi connectivity index (χ4n) is 2.40. The average molecular weight is 253 g/mol. The summed E-state index contributed by atoms with van der Waals surface area (Å²) in [5.41, 5.74) is 0.965. The monoisotopic (exact) mass is 253 g/mol. The molecule has 102 valence electrons. The van der Waals surface area contributed by atoms with Crippen LogP contribution in [-0.2, 0) is 17.8 Å². The summed E-state index contributed by atoms with van der Waals surface area (Å²) in [6, 6.07) is 2.02. The first-order chi connectivity index (χ1) is 8.78. The van der Waals surface area contributed by atoms with Crippen LogP contribution in [-0.4, -0.2) is 43.9 Å². The molecule has 0 unspecified atom stereocenters. The van der Waals surface area contributed by atoms with Crippen molar-refractivity contribution in [2.24, 2.45) is 5.92 Å². The van der Waals surface area contributed by atoms with Crippen LogP contribution in [0.1, 0.15) is 24.3 Å². The summed E-state index contributed by atoms with van der Waals surface area (Å²) in [5.74, 6) is 1.69. The molecule has 0 amide bonds. The number of rotatable bonds is 6. The average Bonchev–Trinajstić information content (AvgIpc) is 2.78. The molecule has 2 rings (SSSR count). The van der Waals surface area contributed by atoms with E-state index in [-0.39, 0.29) is 0 Å². The van der Waals surface area contributed by atoms with E-state index in [1.807, 2.05) is 13.1 Å². The van der Waals surface area contributed by atoms with Crippen LogP contribution >= 0.6 is 0 Å². The summed E-state index contributed by atoms with van der Waals surface area (Å²) in [6.07, 6.45) is 2.34. The Morgan fingerprint density at radius 2 is 2.22 bits per heavy atom. The number of ether oxygens (including phenoxy) is 1. The van der Waals surface area contributed by atoms with Gasteiger partial charge in [-0.2, -0.15) is 0 Å². The molecular formula is C13H23N3O2. The fourth-order valence-corrected chi connectivity index (χ4v) is 2.40. The van der Waals surface area contributed by atoms with E-state index in [1.165, 1.54) is 12.8 Å². The smallest absolute Gasteiger partial charge is 0.151 e. The molecule has 0 spiro atoms. The molecule has 1 aromatic rings. The summed E-state index contributed by atoms with van der Waals surface area (Å²) in [4.78, 5) is 2.31. The molecule has 1 aliphatic heterocycles. The van der Waals surface area contributed by atoms with E-state index >= 15 is 0 Å². The predicted octanol–water partition coefficient (Wildman–Crippen LogP) is 1.25. The van der Waals surface area contributed by atoms with Gasteiger partial charge in [0.15, 0.2) is 5.76 Å². The van der Waals surface area contributed by atoms with Crippen molar-refractivity contribution in [3.8, 4) is 0 Å². The molecule has 1 fully saturated rings. The Morgan fingerprint density at radius 3 is 2.94 bits per heavy atom. The van der Waals surface area contributed by atoms with E-state index in [9.17, 15) is 0 Å². The maximum absolute atomic E-state index is 5.38. The Morgan fingerprint density at radius 1 is 1.44 bits per heavy atom. The van der Waals surface area contributed by atoms with E-state index in [4.69, 9.17) is 9.26 Å². The Labute approximate surface area is 108 Å². The SMILES string of the molecule is CNCc1cc(CN(C)CC2CCOCC2)on1. The van der Waals surface area contributed by atoms with Gasteiger partial charge in [-0.05, 0) is 32.9 Å². The lowest BCUT2D eigenvalue weighted by Gasteiger charge is -2.26. The third-order valence-electron chi connectivity index (χ3n) is 3.30. The quantitative estimate of drug-likeness (QED) is 0.827. The molecule has 5 heteroatoms. The first-order valence-electron chi connectivity index (χ1n) is 6.63. The zero-order chi connectivity index (χ0) is 12.8. The second-order valence-electron chi connectivity index (χ2n) is 5.07. The minimum Gasteiger partial charge on any atom is -0.381 e. The number of aromatic nitrogens is 1. The Bertz CT molecular complexity index is 348. The Balaban J connectivity index is 1.76. The maximum atomic E-state index is 5.38. The molecule has 0 saturated carbocycles. The molecule has 0 aliphatic carbocycles. The van der Waals surface area contributed by atoms with Crippen molar-refractivity contribution in [3.63, 3.8) is 0 Å². The highest BCUT2D eigenvalue weighted by Gasteiger charge is 2.16. The second-order valence-corrected chi connectivity index (χ2v) is 5.07. The van der Waals surface area contributed by atoms with Crippen LogP contribution in [0.15, 0.2) is 10.6 Å². The second kappa shape index (κ2) is 6.87. The third-order valence-corrected chi connectivity index (χ3v) is 3.30. The van der Waals surface area contributed by atoms with E-state index in [1.54, 1.807) is 0 Å². The molecule has 1 N–H and O–H groups in total. The maximum Gasteiger partial charge on any atom is 0.151 e. The van der Waals surface area contributed by atoms with E-state index in [0.29, 0.717) is 0 Å². The molecule has 5 nitrogen and oxygen atoms in total. The molecule has 18 heavy (non-hydrogen) atoms. The van der Waals surface area contributed by atoms with E-state index in [0.717, 1.165) is 50.2 Å². The van der Waals surface area contributed by atoms with Gasteiger partial charge in [-0.1, -0.05) is 5.16 Å². The van der Waals surface area contributed by atoms with Crippen LogP contribution in [0.2, 0.25) is 0 Å². The number of hydrogen-bond donors (Lipinski definition) is 1. The van der Waals surface area contributed by atoms with Gasteiger partial charge in [0.25, 0.3) is 0 Å². The molecule has 0 bridgehead atoms. The van der Waals surface area contributed by atoms with Crippen LogP contribution in [0.3, 0.4) is 0 Å². The molecule has 0 aromatic carbocycles. The molecule has 0 atom stereocenters. The third kappa shape index (κ3) is 4.08. The van der Waals surface area contributed by atoms with Crippen LogP contribution in [0.25, 0.3) is 0 Å². The van der Waals surface area contributed by atoms with Crippen LogP contribution in [0, 0.1) is 5.92 Å². The van der Waals surface area contributed by atoms with Gasteiger partial charge in [0.05, 0.1) is 12.2 Å². The minimum atomic E-state index is 0.753. The van der Waals surface area contributed by atoms with Gasteiger partial charge in [-0.15, -0.1) is 0 Å². The summed E-state index contributed by atoms with van der Waals surface area (Å²) in [6.45, 7) is 4.51. The normalized spacial score (nSPS) is 17.5. The van der Waals surface area contributed by atoms with Crippen molar-refractivity contribution < 1.29 is 9.26 Å². The van der Waals surface area contributed by atoms with E-state index < -0.39 is 0 Å². The lowest BCUT2D eigenvalue weighted by atomic mass is 10.00. The molecule has 2 heterocycles. The zero-order valence-corrected chi connectivity index (χ0v) is 11.3. The van der Waals surface area contributed by atoms with Crippen molar-refractivity contribution in [2.75, 3.05) is 33.9 Å². The van der Waals surface area contributed by atoms with Gasteiger partial charge in [0.2, 0.25) is 0 Å². The highest BCUT2D eigenvalue weighted by Crippen LogP contribution is 2.16. The van der Waals surface area contributed by atoms with Gasteiger partial charge in [0.1, 0.15) is 0 Å². The van der Waals surface area contributed by atoms with Gasteiger partial charge in [0, 0.05) is 32.4 Å². The topological polar surface area (TPSA) is 50.5 Å². The van der Waals surface area contributed by atoms with Gasteiger partial charge < -0.3 is 14.6 Å². The lowest BCUT2D eigenvalue weighted by Crippen LogP contribution is -2.29. The first-order valence-corrected chi connectivity index (χ1v) is 6.63. The fraction of sp³-hybridized carbons (Fsp3) is 0.769. The lowest BCUT2D eigenvalue weighted by molar-refractivity contribution is 0.0540. The molecule has 0 radical (unpaired) electrons. The highest BCUT2D eigenvalue weighted by atomic mass is 16.5. The van der Waals surface area contributed by atoms with E-state index in [2.05, 4.69) is 22.4 Å². The van der Waals surface area contributed by atoms with Crippen LogP contribution in [0.4, 0.5) is 0 Å². The van der Waals surface area contributed by atoms with Gasteiger partial charge in [-0.3, -0.25) is 4.90 Å². The Hall–Kier alpha value is -0.910. The summed E-state index contributed by atoms with van der Waals surface area (Å²) >= 11 is 0. The summed E-state index contributed by atoms with van der Waals surface area (Å²) in [7, 11) is 4.04. The minimum absolute atomic E-state index is 0.753. The number of hydrogen-bond acceptors (Lipinski definition) is 5. The van der Waals surface area contributed by atoms with Crippen molar-refractivity contribution >= 4 is 0 Å². The summed E-state index contributed by atoms with van der Waals surface area (Å²) < 4.78 is 10.7. The van der Waals surface area contributed by atoms with Crippen molar-refractivity contribution in [2.45, 2.75) is 25.9 Å². The molecule has 1 aliphatic rings. The van der Waals surface area contributed by atoms with Gasteiger partial charge in [-0.25, -0.2) is 0 Å². The van der Waals surface area contributed by atoms with Crippen molar-refractivity contribution in [1.29, 1.82) is 0 Å². The largest absolute Gasteiger partial charge is 0.381 e. The van der Waals surface area contributed by atoms with Crippen LogP contribution < -0.4 is 5.32 Å². The summed E-state index contributed by atoms with van der Waals surface area (Å²) in [5, 5.41) is 7.09. The van der Waals surface area contributed by atoms with Crippen molar-refractivity contribution in [3.05, 3.63) is 17.5 Å². The molecule has 1 aromatic heterocycles. The zero-order valence-electron chi connectivity index (χ0n) is 11.3. The molecule has 1 saturated heterocycles. The highest BCUT2D eigenvalue weighted by molar-refractivity contribution is 5.04. The predicted molar refractivity (Wildman–Crippen MR) is 69.1 cm³/mol. The number of nitrogens with zero attached hydrogens (tertiary/aromatic N) is 2. The van der Waals surface area contributed by atoms with Crippen molar-refractivity contribution in [1.82, 2.24) is 15.4 Å². The van der Waals surface area contributed by atoms with Crippen LogP contribution in [0.5, 0.6) is 0 Å². The van der Waals surface area contributed by atoms with Gasteiger partial charge >= 0.3 is 0 Å². The standard InChI is InChI=1S/C13H23N3O2/c1-14-8-12-7-13(18-15-12)10-16(2)9-11-3-5-17-6-4-11/h7,11,14H,3-6,8-10H2,1-2H3. The number of nitrogens with one attached hydrogen (secondary N) is 1. The first kappa shape index (κ1) is 13.5. The molecular weight excluding hydrogens is 230 g/mol.